The molecule has 0 amide bonds. The van der Waals surface area contributed by atoms with E-state index in [-0.39, 0.29) is 5.56 Å². The molecule has 0 bridgehead atoms. The first-order valence-electron chi connectivity index (χ1n) is 13.3. The molecule has 0 spiro atoms. The van der Waals surface area contributed by atoms with Crippen molar-refractivity contribution in [3.63, 3.8) is 0 Å². The Morgan fingerprint density at radius 1 is 1.25 bits per heavy atom. The summed E-state index contributed by atoms with van der Waals surface area (Å²) < 4.78 is 16.7. The zero-order valence-electron chi connectivity index (χ0n) is 22.9. The van der Waals surface area contributed by atoms with Gasteiger partial charge < -0.3 is 26.0 Å². The highest BCUT2D eigenvalue weighted by molar-refractivity contribution is 5.91. The van der Waals surface area contributed by atoms with Gasteiger partial charge in [-0.05, 0) is 58.0 Å². The van der Waals surface area contributed by atoms with Crippen LogP contribution in [-0.2, 0) is 0 Å². The average Bonchev–Trinajstić information content (AvgIpc) is 3.35. The summed E-state index contributed by atoms with van der Waals surface area (Å²) in [6, 6.07) is 12.4. The molecule has 1 saturated heterocycles. The molecule has 2 aromatic heterocycles. The fourth-order valence-corrected chi connectivity index (χ4v) is 5.12. The van der Waals surface area contributed by atoms with Crippen LogP contribution in [0.1, 0.15) is 37.8 Å². The van der Waals surface area contributed by atoms with Gasteiger partial charge in [-0.15, -0.1) is 0 Å². The van der Waals surface area contributed by atoms with Crippen LogP contribution < -0.4 is 15.5 Å². The van der Waals surface area contributed by atoms with Gasteiger partial charge in [0.15, 0.2) is 11.5 Å². The molecule has 4 N–H and O–H groups in total. The smallest absolute Gasteiger partial charge is 0.181 e. The molecule has 1 atom stereocenters. The molecule has 2 aromatic carbocycles. The molecule has 9 nitrogen and oxygen atoms in total. The van der Waals surface area contributed by atoms with Crippen LogP contribution in [-0.4, -0.2) is 64.0 Å². The van der Waals surface area contributed by atoms with Crippen molar-refractivity contribution in [2.45, 2.75) is 38.3 Å². The Bertz CT molecular complexity index is 1600. The Kier molecular flexibility index (Phi) is 7.52. The number of anilines is 2. The van der Waals surface area contributed by atoms with Gasteiger partial charge in [0.1, 0.15) is 11.9 Å². The highest BCUT2D eigenvalue weighted by Crippen LogP contribution is 2.37. The van der Waals surface area contributed by atoms with Crippen LogP contribution in [0.4, 0.5) is 15.9 Å². The van der Waals surface area contributed by atoms with Gasteiger partial charge in [0.25, 0.3) is 0 Å². The van der Waals surface area contributed by atoms with E-state index in [1.165, 1.54) is 18.3 Å². The molecule has 10 heteroatoms. The van der Waals surface area contributed by atoms with Crippen LogP contribution in [0.2, 0.25) is 0 Å². The van der Waals surface area contributed by atoms with Gasteiger partial charge in [0.2, 0.25) is 0 Å². The molecule has 1 aliphatic rings. The highest BCUT2D eigenvalue weighted by Gasteiger charge is 2.25. The molecule has 5 rings (SSSR count). The second-order valence-corrected chi connectivity index (χ2v) is 10.7. The average molecular weight is 541 g/mol. The van der Waals surface area contributed by atoms with E-state index in [2.05, 4.69) is 15.5 Å². The summed E-state index contributed by atoms with van der Waals surface area (Å²) in [5.74, 6) is 0.139. The molecular weight excluding hydrogens is 507 g/mol. The molecule has 4 aromatic rings. The fraction of sp³-hybridized carbons (Fsp3) is 0.333. The van der Waals surface area contributed by atoms with E-state index >= 15 is 0 Å². The van der Waals surface area contributed by atoms with E-state index in [0.717, 1.165) is 48.7 Å². The lowest BCUT2D eigenvalue weighted by atomic mass is 10.0. The first-order valence-corrected chi connectivity index (χ1v) is 13.3. The van der Waals surface area contributed by atoms with Crippen molar-refractivity contribution in [3.05, 3.63) is 65.7 Å². The van der Waals surface area contributed by atoms with Crippen LogP contribution in [0.25, 0.3) is 28.2 Å². The summed E-state index contributed by atoms with van der Waals surface area (Å²) in [7, 11) is 1.97. The maximum atomic E-state index is 14.8. The number of nitrogens with zero attached hydrogens (tertiary/aromatic N) is 5. The second-order valence-electron chi connectivity index (χ2n) is 10.7. The number of halogens is 1. The SMILES string of the molecule is CNC1CCCN(c2nccn3c(-c4ccc(NCC(C)(C)O)c(C=N)c4)c(-c4ccc(C#N)c(F)c4)nc23)C1. The van der Waals surface area contributed by atoms with E-state index in [1.54, 1.807) is 26.1 Å². The first kappa shape index (κ1) is 27.2. The topological polar surface area (TPSA) is 125 Å². The van der Waals surface area contributed by atoms with Gasteiger partial charge in [-0.1, -0.05) is 12.1 Å². The Morgan fingerprint density at radius 3 is 2.75 bits per heavy atom. The van der Waals surface area contributed by atoms with Crippen molar-refractivity contribution < 1.29 is 9.50 Å². The van der Waals surface area contributed by atoms with Crippen LogP contribution in [0.5, 0.6) is 0 Å². The third kappa shape index (κ3) is 5.39. The van der Waals surface area contributed by atoms with Crippen molar-refractivity contribution in [2.24, 2.45) is 0 Å². The number of piperidine rings is 1. The van der Waals surface area contributed by atoms with E-state index in [1.807, 2.05) is 41.9 Å². The molecule has 1 fully saturated rings. The number of hydrogen-bond acceptors (Lipinski definition) is 8. The van der Waals surface area contributed by atoms with Gasteiger partial charge >= 0.3 is 0 Å². The minimum absolute atomic E-state index is 0.0313. The summed E-state index contributed by atoms with van der Waals surface area (Å²) in [6.45, 7) is 5.40. The van der Waals surface area contributed by atoms with Gasteiger partial charge in [-0.3, -0.25) is 4.40 Å². The van der Waals surface area contributed by atoms with Crippen LogP contribution in [0.15, 0.2) is 48.8 Å². The zero-order chi connectivity index (χ0) is 28.4. The summed E-state index contributed by atoms with van der Waals surface area (Å²) in [5, 5.41) is 34.0. The molecule has 1 aliphatic heterocycles. The summed E-state index contributed by atoms with van der Waals surface area (Å²) in [4.78, 5) is 11.9. The predicted molar refractivity (Wildman–Crippen MR) is 155 cm³/mol. The number of imidazole rings is 1. The molecule has 0 saturated carbocycles. The predicted octanol–water partition coefficient (Wildman–Crippen LogP) is 4.44. The Morgan fingerprint density at radius 2 is 2.05 bits per heavy atom. The molecule has 1 unspecified atom stereocenters. The van der Waals surface area contributed by atoms with Gasteiger partial charge in [-0.25, -0.2) is 14.4 Å². The van der Waals surface area contributed by atoms with Crippen molar-refractivity contribution in [1.29, 1.82) is 10.7 Å². The third-order valence-electron chi connectivity index (χ3n) is 7.21. The Hall–Kier alpha value is -4.33. The zero-order valence-corrected chi connectivity index (χ0v) is 22.9. The van der Waals surface area contributed by atoms with Gasteiger partial charge in [0, 0.05) is 66.7 Å². The lowest BCUT2D eigenvalue weighted by molar-refractivity contribution is 0.0945. The molecule has 206 valence electrons. The molecule has 0 aliphatic carbocycles. The number of aliphatic hydroxyl groups is 1. The lowest BCUT2D eigenvalue weighted by Crippen LogP contribution is -2.44. The Balaban J connectivity index is 1.69. The number of nitriles is 1. The van der Waals surface area contributed by atoms with Crippen molar-refractivity contribution in [3.8, 4) is 28.6 Å². The van der Waals surface area contributed by atoms with Crippen LogP contribution in [0.3, 0.4) is 0 Å². The van der Waals surface area contributed by atoms with Gasteiger partial charge in [0.05, 0.1) is 22.6 Å². The minimum Gasteiger partial charge on any atom is -0.389 e. The number of likely N-dealkylation sites (N-methyl/N-ethyl adjacent to an activating group) is 1. The fourth-order valence-electron chi connectivity index (χ4n) is 5.12. The lowest BCUT2D eigenvalue weighted by Gasteiger charge is -2.33. The largest absolute Gasteiger partial charge is 0.389 e. The maximum absolute atomic E-state index is 14.8. The van der Waals surface area contributed by atoms with Gasteiger partial charge in [-0.2, -0.15) is 5.26 Å². The van der Waals surface area contributed by atoms with Crippen LogP contribution in [0, 0.1) is 22.6 Å². The monoisotopic (exact) mass is 540 g/mol. The number of fused-ring (bicyclic) bond motifs is 1. The van der Waals surface area contributed by atoms with Crippen molar-refractivity contribution >= 4 is 23.4 Å². The normalized spacial score (nSPS) is 15.7. The van der Waals surface area contributed by atoms with Crippen molar-refractivity contribution in [2.75, 3.05) is 36.9 Å². The first-order chi connectivity index (χ1) is 19.2. The summed E-state index contributed by atoms with van der Waals surface area (Å²) >= 11 is 0. The molecular formula is C30H33FN8O. The molecule has 3 heterocycles. The van der Waals surface area contributed by atoms with E-state index in [0.29, 0.717) is 35.1 Å². The van der Waals surface area contributed by atoms with E-state index < -0.39 is 11.4 Å². The summed E-state index contributed by atoms with van der Waals surface area (Å²) in [6.07, 6.45) is 6.97. The number of hydrogen-bond donors (Lipinski definition) is 4. The van der Waals surface area contributed by atoms with E-state index in [4.69, 9.17) is 15.4 Å². The number of benzene rings is 2. The number of aromatic nitrogens is 3. The van der Waals surface area contributed by atoms with Crippen LogP contribution >= 0.6 is 0 Å². The molecule has 40 heavy (non-hydrogen) atoms. The Labute approximate surface area is 232 Å². The standard InChI is InChI=1S/C30H33FN8O/c1-30(2,40)18-36-25-9-8-20(13-22(25)16-33)27-26(19-6-7-21(15-32)24(31)14-19)37-29-28(35-10-12-39(27)29)38-11-4-5-23(17-38)34-3/h6-10,12-14,16,23,33-34,36,40H,4-5,11,17-18H2,1-3H3. The quantitative estimate of drug-likeness (QED) is 0.244. The minimum atomic E-state index is -0.920. The number of rotatable bonds is 8. The number of nitrogens with one attached hydrogen (secondary N) is 3. The summed E-state index contributed by atoms with van der Waals surface area (Å²) in [5.41, 5.74) is 3.64. The highest BCUT2D eigenvalue weighted by atomic mass is 19.1. The third-order valence-corrected chi connectivity index (χ3v) is 7.21. The van der Waals surface area contributed by atoms with Crippen molar-refractivity contribution in [1.82, 2.24) is 19.7 Å². The maximum Gasteiger partial charge on any atom is 0.181 e. The second kappa shape index (κ2) is 11.0. The molecule has 0 radical (unpaired) electrons. The van der Waals surface area contributed by atoms with E-state index in [9.17, 15) is 14.8 Å².